The summed E-state index contributed by atoms with van der Waals surface area (Å²) in [5.41, 5.74) is 0.743. The van der Waals surface area contributed by atoms with Crippen molar-refractivity contribution in [1.82, 2.24) is 19.8 Å². The number of anilines is 1. The number of hydrogen-bond donors (Lipinski definition) is 0. The topological polar surface area (TPSA) is 52.6 Å². The Balaban J connectivity index is 1.67. The number of carbonyl (C=O) groups excluding carboxylic acids is 1. The van der Waals surface area contributed by atoms with Gasteiger partial charge >= 0.3 is 0 Å². The third kappa shape index (κ3) is 3.50. The zero-order chi connectivity index (χ0) is 18.0. The van der Waals surface area contributed by atoms with Crippen molar-refractivity contribution in [2.45, 2.75) is 50.5 Å². The number of piperidine rings is 2. The molecule has 3 rings (SSSR count). The Morgan fingerprint density at radius 3 is 2.48 bits per heavy atom. The van der Waals surface area contributed by atoms with Crippen molar-refractivity contribution < 1.29 is 4.79 Å². The lowest BCUT2D eigenvalue weighted by Crippen LogP contribution is -2.59. The molecular weight excluding hydrogens is 314 g/mol. The van der Waals surface area contributed by atoms with Gasteiger partial charge in [-0.3, -0.25) is 14.7 Å². The van der Waals surface area contributed by atoms with Crippen molar-refractivity contribution in [2.24, 2.45) is 0 Å². The van der Waals surface area contributed by atoms with E-state index in [0.717, 1.165) is 56.8 Å². The lowest BCUT2D eigenvalue weighted by Gasteiger charge is -2.45. The number of aromatic nitrogens is 2. The van der Waals surface area contributed by atoms with E-state index in [0.29, 0.717) is 11.8 Å². The predicted octanol–water partition coefficient (Wildman–Crippen LogP) is 2.12. The SMILES string of the molecule is CN(C)c1nccnc1C1CCN(C(=O)[C@]2(C)CCCCN2C)CC1. The molecule has 0 spiro atoms. The third-order valence-electron chi connectivity index (χ3n) is 6.01. The van der Waals surface area contributed by atoms with Crippen molar-refractivity contribution >= 4 is 11.7 Å². The van der Waals surface area contributed by atoms with Gasteiger partial charge in [-0.15, -0.1) is 0 Å². The first-order chi connectivity index (χ1) is 11.9. The number of nitrogens with zero attached hydrogens (tertiary/aromatic N) is 5. The van der Waals surface area contributed by atoms with Crippen LogP contribution in [0.4, 0.5) is 5.82 Å². The highest BCUT2D eigenvalue weighted by molar-refractivity contribution is 5.86. The molecule has 0 N–H and O–H groups in total. The molecule has 0 unspecified atom stereocenters. The molecule has 0 aromatic carbocycles. The molecule has 2 aliphatic heterocycles. The summed E-state index contributed by atoms with van der Waals surface area (Å²) in [6.45, 7) is 4.77. The first-order valence-electron chi connectivity index (χ1n) is 9.42. The number of likely N-dealkylation sites (tertiary alicyclic amines) is 2. The Hall–Kier alpha value is -1.69. The summed E-state index contributed by atoms with van der Waals surface area (Å²) < 4.78 is 0. The molecule has 1 aromatic heterocycles. The molecule has 0 saturated carbocycles. The molecular formula is C19H31N5O. The molecule has 1 atom stereocenters. The van der Waals surface area contributed by atoms with Gasteiger partial charge in [0.2, 0.25) is 5.91 Å². The molecule has 3 heterocycles. The molecule has 1 amide bonds. The van der Waals surface area contributed by atoms with Gasteiger partial charge in [0.25, 0.3) is 0 Å². The van der Waals surface area contributed by atoms with E-state index in [2.05, 4.69) is 33.7 Å². The maximum atomic E-state index is 13.2. The summed E-state index contributed by atoms with van der Waals surface area (Å²) in [7, 11) is 6.10. The number of amides is 1. The van der Waals surface area contributed by atoms with Crippen LogP contribution in [0.1, 0.15) is 50.6 Å². The number of carbonyl (C=O) groups is 1. The smallest absolute Gasteiger partial charge is 0.242 e. The van der Waals surface area contributed by atoms with Crippen molar-refractivity contribution in [2.75, 3.05) is 45.7 Å². The molecule has 6 nitrogen and oxygen atoms in total. The van der Waals surface area contributed by atoms with E-state index in [4.69, 9.17) is 0 Å². The Morgan fingerprint density at radius 2 is 1.84 bits per heavy atom. The highest BCUT2D eigenvalue weighted by atomic mass is 16.2. The molecule has 0 bridgehead atoms. The highest BCUT2D eigenvalue weighted by Gasteiger charge is 2.42. The Morgan fingerprint density at radius 1 is 1.16 bits per heavy atom. The van der Waals surface area contributed by atoms with Crippen molar-refractivity contribution in [3.05, 3.63) is 18.1 Å². The average molecular weight is 345 g/mol. The van der Waals surface area contributed by atoms with Gasteiger partial charge in [-0.05, 0) is 52.6 Å². The van der Waals surface area contributed by atoms with Crippen molar-refractivity contribution in [3.8, 4) is 0 Å². The van der Waals surface area contributed by atoms with Crippen LogP contribution in [0.25, 0.3) is 0 Å². The summed E-state index contributed by atoms with van der Waals surface area (Å²) in [5.74, 6) is 1.64. The fraction of sp³-hybridized carbons (Fsp3) is 0.737. The highest BCUT2D eigenvalue weighted by Crippen LogP contribution is 2.34. The quantitative estimate of drug-likeness (QED) is 0.840. The van der Waals surface area contributed by atoms with Gasteiger partial charge in [0.05, 0.1) is 11.2 Å². The van der Waals surface area contributed by atoms with Gasteiger partial charge in [-0.1, -0.05) is 0 Å². The zero-order valence-corrected chi connectivity index (χ0v) is 16.0. The van der Waals surface area contributed by atoms with Crippen molar-refractivity contribution in [3.63, 3.8) is 0 Å². The van der Waals surface area contributed by atoms with E-state index in [-0.39, 0.29) is 5.54 Å². The van der Waals surface area contributed by atoms with Crippen LogP contribution in [0, 0.1) is 0 Å². The van der Waals surface area contributed by atoms with Crippen LogP contribution in [-0.4, -0.2) is 72.0 Å². The van der Waals surface area contributed by atoms with Gasteiger partial charge in [0.15, 0.2) is 0 Å². The Kier molecular flexibility index (Phi) is 5.27. The van der Waals surface area contributed by atoms with Gasteiger partial charge in [-0.25, -0.2) is 4.98 Å². The number of hydrogen-bond acceptors (Lipinski definition) is 5. The van der Waals surface area contributed by atoms with Crippen molar-refractivity contribution in [1.29, 1.82) is 0 Å². The molecule has 2 saturated heterocycles. The third-order valence-corrected chi connectivity index (χ3v) is 6.01. The fourth-order valence-electron chi connectivity index (χ4n) is 4.20. The minimum atomic E-state index is -0.327. The first-order valence-corrected chi connectivity index (χ1v) is 9.42. The summed E-state index contributed by atoms with van der Waals surface area (Å²) in [6.07, 6.45) is 8.76. The number of rotatable bonds is 3. The minimum absolute atomic E-state index is 0.306. The second-order valence-corrected chi connectivity index (χ2v) is 7.88. The van der Waals surface area contributed by atoms with Gasteiger partial charge < -0.3 is 9.80 Å². The maximum absolute atomic E-state index is 13.2. The summed E-state index contributed by atoms with van der Waals surface area (Å²) in [6, 6.07) is 0. The standard InChI is InChI=1S/C19H31N5O/c1-19(9-5-6-12-23(19)4)18(25)24-13-7-15(8-14-24)16-17(22(2)3)21-11-10-20-16/h10-11,15H,5-9,12-14H2,1-4H3/t19-/m0/s1. The molecule has 0 radical (unpaired) electrons. The molecule has 2 fully saturated rings. The van der Waals surface area contributed by atoms with Crippen LogP contribution in [0.15, 0.2) is 12.4 Å². The maximum Gasteiger partial charge on any atom is 0.242 e. The largest absolute Gasteiger partial charge is 0.361 e. The molecule has 138 valence electrons. The van der Waals surface area contributed by atoms with E-state index < -0.39 is 0 Å². The Bertz CT molecular complexity index is 612. The minimum Gasteiger partial charge on any atom is -0.361 e. The fourth-order valence-corrected chi connectivity index (χ4v) is 4.20. The second kappa shape index (κ2) is 7.28. The van der Waals surface area contributed by atoms with E-state index in [9.17, 15) is 4.79 Å². The monoisotopic (exact) mass is 345 g/mol. The van der Waals surface area contributed by atoms with E-state index in [1.807, 2.05) is 19.0 Å². The van der Waals surface area contributed by atoms with Crippen LogP contribution in [-0.2, 0) is 4.79 Å². The summed E-state index contributed by atoms with van der Waals surface area (Å²) in [4.78, 5) is 28.6. The first kappa shape index (κ1) is 18.1. The lowest BCUT2D eigenvalue weighted by molar-refractivity contribution is -0.146. The molecule has 2 aliphatic rings. The van der Waals surface area contributed by atoms with Gasteiger partial charge in [0, 0.05) is 45.5 Å². The summed E-state index contributed by atoms with van der Waals surface area (Å²) >= 11 is 0. The van der Waals surface area contributed by atoms with Crippen LogP contribution in [0.5, 0.6) is 0 Å². The van der Waals surface area contributed by atoms with Gasteiger partial charge in [0.1, 0.15) is 5.82 Å². The van der Waals surface area contributed by atoms with Crippen LogP contribution < -0.4 is 4.90 Å². The zero-order valence-electron chi connectivity index (χ0n) is 16.0. The van der Waals surface area contributed by atoms with Gasteiger partial charge in [-0.2, -0.15) is 0 Å². The van der Waals surface area contributed by atoms with E-state index in [1.165, 1.54) is 6.42 Å². The van der Waals surface area contributed by atoms with Crippen LogP contribution in [0.2, 0.25) is 0 Å². The van der Waals surface area contributed by atoms with Crippen LogP contribution >= 0.6 is 0 Å². The average Bonchev–Trinajstić information content (AvgIpc) is 2.63. The predicted molar refractivity (Wildman–Crippen MR) is 99.8 cm³/mol. The lowest BCUT2D eigenvalue weighted by atomic mass is 9.86. The Labute approximate surface area is 151 Å². The summed E-state index contributed by atoms with van der Waals surface area (Å²) in [5, 5.41) is 0. The van der Waals surface area contributed by atoms with Crippen LogP contribution in [0.3, 0.4) is 0 Å². The van der Waals surface area contributed by atoms with E-state index in [1.54, 1.807) is 12.4 Å². The normalized spacial score (nSPS) is 25.8. The van der Waals surface area contributed by atoms with E-state index >= 15 is 0 Å². The number of likely N-dealkylation sites (N-methyl/N-ethyl adjacent to an activating group) is 1. The molecule has 6 heteroatoms. The molecule has 1 aromatic rings. The molecule has 0 aliphatic carbocycles. The molecule has 25 heavy (non-hydrogen) atoms. The second-order valence-electron chi connectivity index (χ2n) is 7.88.